The number of benzene rings is 1. The van der Waals surface area contributed by atoms with Crippen molar-refractivity contribution in [3.63, 3.8) is 0 Å². The van der Waals surface area contributed by atoms with Gasteiger partial charge < -0.3 is 0 Å². The van der Waals surface area contributed by atoms with Gasteiger partial charge in [0.25, 0.3) is 0 Å². The summed E-state index contributed by atoms with van der Waals surface area (Å²) in [6.07, 6.45) is -7.55. The molecule has 0 aliphatic heterocycles. The molecule has 0 saturated carbocycles. The summed E-state index contributed by atoms with van der Waals surface area (Å²) < 4.78 is 168. The van der Waals surface area contributed by atoms with Gasteiger partial charge in [-0.15, -0.1) is 15.5 Å². The van der Waals surface area contributed by atoms with E-state index in [2.05, 4.69) is 0 Å². The number of alkyl halides is 9. The van der Waals surface area contributed by atoms with Crippen LogP contribution in [0, 0.1) is 0 Å². The molecule has 0 unspecified atom stereocenters. The summed E-state index contributed by atoms with van der Waals surface area (Å²) in [4.78, 5) is 0. The lowest BCUT2D eigenvalue weighted by atomic mass is 10.1. The first-order valence-corrected chi connectivity index (χ1v) is 8.72. The largest absolute Gasteiger partial charge is 0.460 e. The van der Waals surface area contributed by atoms with Crippen LogP contribution in [0.2, 0.25) is 0 Å². The molecule has 0 fully saturated rings. The summed E-state index contributed by atoms with van der Waals surface area (Å²) >= 11 is 0. The van der Waals surface area contributed by atoms with Crippen LogP contribution in [0.4, 0.5) is 55.1 Å². The van der Waals surface area contributed by atoms with Crippen molar-refractivity contribution in [2.75, 3.05) is 5.75 Å². The first kappa shape index (κ1) is 23.4. The van der Waals surface area contributed by atoms with Gasteiger partial charge in [0.2, 0.25) is 9.84 Å². The number of halogens is 13. The molecule has 1 aromatic rings. The van der Waals surface area contributed by atoms with E-state index in [1.165, 1.54) is 18.2 Å². The van der Waals surface area contributed by atoms with Crippen LogP contribution in [0.25, 0.3) is 6.08 Å². The molecule has 14 heteroatoms. The summed E-state index contributed by atoms with van der Waals surface area (Å²) in [5.41, 5.74) is -0.137. The van der Waals surface area contributed by atoms with Crippen LogP contribution in [0.15, 0.2) is 36.4 Å². The highest BCUT2D eigenvalue weighted by molar-refractivity contribution is 8.50. The topological polar surface area (TPSA) is 0 Å². The fraction of sp³-hybridized carbons (Fsp3) is 0.385. The smallest absolute Gasteiger partial charge is 0.191 e. The molecule has 1 rings (SSSR count). The average molecular weight is 444 g/mol. The molecular weight excluding hydrogens is 435 g/mol. The quantitative estimate of drug-likeness (QED) is 0.398. The normalized spacial score (nSPS) is 17.7. The van der Waals surface area contributed by atoms with Gasteiger partial charge in [-0.25, -0.2) is 0 Å². The maximum atomic E-state index is 13.5. The van der Waals surface area contributed by atoms with E-state index in [0.29, 0.717) is 6.08 Å². The van der Waals surface area contributed by atoms with Crippen molar-refractivity contribution in [2.45, 2.75) is 23.3 Å². The summed E-state index contributed by atoms with van der Waals surface area (Å²) in [6, 6.07) is 6.05. The zero-order chi connectivity index (χ0) is 21.6. The molecular formula is C13H9F13S. The molecule has 0 nitrogen and oxygen atoms in total. The van der Waals surface area contributed by atoms with Gasteiger partial charge in [0.15, 0.2) is 0 Å². The fourth-order valence-electron chi connectivity index (χ4n) is 1.69. The Hall–Kier alpha value is -1.60. The zero-order valence-electron chi connectivity index (χ0n) is 12.6. The summed E-state index contributed by atoms with van der Waals surface area (Å²) in [5.74, 6) is -19.4. The van der Waals surface area contributed by atoms with Gasteiger partial charge in [0, 0.05) is 0 Å². The van der Waals surface area contributed by atoms with E-state index < -0.39 is 44.9 Å². The average Bonchev–Trinajstić information content (AvgIpc) is 2.45. The van der Waals surface area contributed by atoms with Gasteiger partial charge in [0.1, 0.15) is 0 Å². The minimum atomic E-state index is -11.5. The minimum absolute atomic E-state index is 0.137. The van der Waals surface area contributed by atoms with Gasteiger partial charge in [-0.1, -0.05) is 42.5 Å². The monoisotopic (exact) mass is 444 g/mol. The van der Waals surface area contributed by atoms with Gasteiger partial charge in [0.05, 0.1) is 5.75 Å². The lowest BCUT2D eigenvalue weighted by Gasteiger charge is -2.55. The molecule has 0 spiro atoms. The van der Waals surface area contributed by atoms with Crippen LogP contribution in [0.5, 0.6) is 0 Å². The Labute approximate surface area is 143 Å². The molecule has 0 N–H and O–H groups in total. The van der Waals surface area contributed by atoms with Crippen LogP contribution >= 0.6 is 9.84 Å². The maximum Gasteiger partial charge on any atom is 0.460 e. The summed E-state index contributed by atoms with van der Waals surface area (Å²) in [7, 11) is -11.5. The van der Waals surface area contributed by atoms with E-state index in [9.17, 15) is 55.1 Å². The fourth-order valence-corrected chi connectivity index (χ4v) is 3.08. The molecule has 27 heavy (non-hydrogen) atoms. The molecule has 1 aromatic carbocycles. The second-order valence-corrected chi connectivity index (χ2v) is 8.71. The standard InChI is InChI=1S/C13H9F13S/c14-10(15,12(18,19)20)11(16,17)13(21,22)27(23,24,25,26)8-4-7-9-5-2-1-3-6-9/h1-7H,8H2. The van der Waals surface area contributed by atoms with Gasteiger partial charge >= 0.3 is 23.3 Å². The van der Waals surface area contributed by atoms with Crippen LogP contribution in [0.3, 0.4) is 0 Å². The van der Waals surface area contributed by atoms with Crippen molar-refractivity contribution in [3.8, 4) is 0 Å². The molecule has 0 atom stereocenters. The third-order valence-corrected chi connectivity index (χ3v) is 5.48. The number of hydrogen-bond donors (Lipinski definition) is 0. The Morgan fingerprint density at radius 3 is 1.56 bits per heavy atom. The van der Waals surface area contributed by atoms with E-state index in [1.807, 2.05) is 0 Å². The van der Waals surface area contributed by atoms with E-state index >= 15 is 0 Å². The molecule has 0 heterocycles. The van der Waals surface area contributed by atoms with Crippen molar-refractivity contribution >= 4 is 15.9 Å². The Balaban J connectivity index is 3.43. The van der Waals surface area contributed by atoms with Gasteiger partial charge in [-0.05, 0) is 5.56 Å². The van der Waals surface area contributed by atoms with Crippen molar-refractivity contribution in [1.29, 1.82) is 0 Å². The second-order valence-electron chi connectivity index (χ2n) is 5.38. The predicted molar refractivity (Wildman–Crippen MR) is 73.3 cm³/mol. The molecule has 0 aliphatic rings. The first-order chi connectivity index (χ1) is 11.6. The Morgan fingerprint density at radius 1 is 0.704 bits per heavy atom. The SMILES string of the molecule is FC(F)(F)C(F)(F)C(F)(F)C(F)(F)S(F)(F)(F)(F)CC=Cc1ccccc1. The molecule has 0 aliphatic carbocycles. The van der Waals surface area contributed by atoms with Crippen LogP contribution < -0.4 is 0 Å². The number of hydrogen-bond acceptors (Lipinski definition) is 0. The highest BCUT2D eigenvalue weighted by Gasteiger charge is 2.96. The van der Waals surface area contributed by atoms with E-state index in [-0.39, 0.29) is 5.56 Å². The van der Waals surface area contributed by atoms with Crippen molar-refractivity contribution in [1.82, 2.24) is 0 Å². The van der Waals surface area contributed by atoms with Crippen LogP contribution in [-0.2, 0) is 0 Å². The predicted octanol–water partition coefficient (Wildman–Crippen LogP) is 7.54. The Kier molecular flexibility index (Phi) is 4.95. The third-order valence-electron chi connectivity index (χ3n) is 3.23. The van der Waals surface area contributed by atoms with E-state index in [4.69, 9.17) is 0 Å². The molecule has 0 amide bonds. The maximum absolute atomic E-state index is 13.5. The van der Waals surface area contributed by atoms with Crippen molar-refractivity contribution < 1.29 is 55.1 Å². The Bertz CT molecular complexity index is 711. The molecule has 0 radical (unpaired) electrons. The first-order valence-electron chi connectivity index (χ1n) is 6.50. The van der Waals surface area contributed by atoms with Gasteiger partial charge in [-0.2, -0.15) is 39.5 Å². The number of rotatable bonds is 6. The summed E-state index contributed by atoms with van der Waals surface area (Å²) in [5, 5.41) is -8.30. The minimum Gasteiger partial charge on any atom is -0.191 e. The lowest BCUT2D eigenvalue weighted by molar-refractivity contribution is -0.384. The molecule has 0 aromatic heterocycles. The molecule has 158 valence electrons. The van der Waals surface area contributed by atoms with E-state index in [0.717, 1.165) is 12.1 Å². The molecule has 0 bridgehead atoms. The van der Waals surface area contributed by atoms with Crippen LogP contribution in [-0.4, -0.2) is 29.0 Å². The second kappa shape index (κ2) is 5.70. The van der Waals surface area contributed by atoms with E-state index in [1.54, 1.807) is 0 Å². The van der Waals surface area contributed by atoms with Crippen LogP contribution in [0.1, 0.15) is 5.56 Å². The highest BCUT2D eigenvalue weighted by atomic mass is 32.5. The van der Waals surface area contributed by atoms with Crippen molar-refractivity contribution in [2.24, 2.45) is 0 Å². The van der Waals surface area contributed by atoms with Crippen molar-refractivity contribution in [3.05, 3.63) is 42.0 Å². The lowest BCUT2D eigenvalue weighted by Crippen LogP contribution is -2.65. The van der Waals surface area contributed by atoms with Gasteiger partial charge in [-0.3, -0.25) is 0 Å². The zero-order valence-corrected chi connectivity index (χ0v) is 13.4. The summed E-state index contributed by atoms with van der Waals surface area (Å²) in [6.45, 7) is 0. The third kappa shape index (κ3) is 3.72. The highest BCUT2D eigenvalue weighted by Crippen LogP contribution is 3.04. The molecule has 0 saturated heterocycles. The Morgan fingerprint density at radius 2 is 1.15 bits per heavy atom.